The number of ketones is 9. The molecule has 0 atom stereocenters. The smallest absolute Gasteiger partial charge is 0.207 e. The van der Waals surface area contributed by atoms with Crippen LogP contribution < -0.4 is 0 Å². The summed E-state index contributed by atoms with van der Waals surface area (Å²) in [5, 5.41) is 0. The predicted octanol–water partition coefficient (Wildman–Crippen LogP) is 14.9. The molecule has 9 nitrogen and oxygen atoms in total. The van der Waals surface area contributed by atoms with Crippen LogP contribution in [-0.2, 0) is 43.2 Å². The molecular weight excluding hydrogens is 948 g/mol. The van der Waals surface area contributed by atoms with Crippen molar-refractivity contribution in [2.24, 2.45) is 58.7 Å². The Hall–Kier alpha value is -4.57. The number of halogens is 2. The van der Waals surface area contributed by atoms with Crippen LogP contribution in [0.25, 0.3) is 0 Å². The summed E-state index contributed by atoms with van der Waals surface area (Å²) in [6.07, 6.45) is 14.5. The Morgan fingerprint density at radius 3 is 0.944 bits per heavy atom. The lowest BCUT2D eigenvalue weighted by Crippen LogP contribution is -2.29. The second kappa shape index (κ2) is 54.2. The van der Waals surface area contributed by atoms with E-state index in [9.17, 15) is 43.2 Å². The second-order valence-electron chi connectivity index (χ2n) is 19.8. The fourth-order valence-corrected chi connectivity index (χ4v) is 3.77. The molecule has 0 spiro atoms. The fourth-order valence-electron chi connectivity index (χ4n) is 3.33. The minimum absolute atomic E-state index is 0.00926. The largest absolute Gasteiger partial charge is 0.299 e. The highest BCUT2D eigenvalue weighted by Crippen LogP contribution is 2.22. The molecule has 0 aromatic rings. The van der Waals surface area contributed by atoms with Gasteiger partial charge in [0.15, 0.2) is 28.9 Å². The molecule has 0 bridgehead atoms. The molecule has 0 amide bonds. The van der Waals surface area contributed by atoms with Crippen LogP contribution in [0.1, 0.15) is 180 Å². The Morgan fingerprint density at radius 2 is 0.889 bits per heavy atom. The van der Waals surface area contributed by atoms with Crippen LogP contribution >= 0.6 is 23.2 Å². The molecule has 0 heterocycles. The number of alkyl halides is 2. The van der Waals surface area contributed by atoms with Crippen LogP contribution in [0.2, 0.25) is 0 Å². The maximum absolute atomic E-state index is 11.3. The summed E-state index contributed by atoms with van der Waals surface area (Å²) in [6.45, 7) is 55.1. The van der Waals surface area contributed by atoms with Gasteiger partial charge in [-0.1, -0.05) is 175 Å². The molecule has 0 aliphatic carbocycles. The molecule has 0 rings (SSSR count). The van der Waals surface area contributed by atoms with E-state index in [0.717, 1.165) is 5.57 Å². The van der Waals surface area contributed by atoms with Gasteiger partial charge >= 0.3 is 0 Å². The summed E-state index contributed by atoms with van der Waals surface area (Å²) >= 11 is 10.8. The first-order valence-electron chi connectivity index (χ1n) is 24.6. The maximum atomic E-state index is 11.3. The van der Waals surface area contributed by atoms with Gasteiger partial charge in [0.05, 0.1) is 5.88 Å². The van der Waals surface area contributed by atoms with E-state index in [4.69, 9.17) is 29.6 Å². The molecular formula is C61H102Cl2O9. The van der Waals surface area contributed by atoms with Gasteiger partial charge in [0, 0.05) is 64.6 Å². The van der Waals surface area contributed by atoms with E-state index in [-0.39, 0.29) is 117 Å². The van der Waals surface area contributed by atoms with E-state index in [1.165, 1.54) is 6.08 Å². The lowest BCUT2D eigenvalue weighted by Gasteiger charge is -2.21. The molecule has 0 fully saturated rings. The molecule has 0 saturated heterocycles. The Labute approximate surface area is 451 Å². The van der Waals surface area contributed by atoms with Gasteiger partial charge in [0.2, 0.25) is 11.6 Å². The zero-order chi connectivity index (χ0) is 59.8. The summed E-state index contributed by atoms with van der Waals surface area (Å²) in [5.74, 6) is 9.60. The lowest BCUT2D eigenvalue weighted by atomic mass is 9.84. The monoisotopic (exact) mass is 1050 g/mol. The quantitative estimate of drug-likeness (QED) is 0.0599. The van der Waals surface area contributed by atoms with Crippen molar-refractivity contribution in [2.75, 3.05) is 11.8 Å². The first kappa shape index (κ1) is 87.2. The maximum Gasteiger partial charge on any atom is 0.207 e. The van der Waals surface area contributed by atoms with Gasteiger partial charge in [-0.15, -0.1) is 29.6 Å². The number of hydrogen-bond acceptors (Lipinski definition) is 9. The van der Waals surface area contributed by atoms with Crippen molar-refractivity contribution in [3.05, 3.63) is 60.8 Å². The molecule has 0 N–H and O–H groups in total. The Morgan fingerprint density at radius 1 is 0.542 bits per heavy atom. The first-order valence-corrected chi connectivity index (χ1v) is 25.7. The highest BCUT2D eigenvalue weighted by molar-refractivity contribution is 6.27. The van der Waals surface area contributed by atoms with Gasteiger partial charge < -0.3 is 0 Å². The van der Waals surface area contributed by atoms with Crippen molar-refractivity contribution in [1.82, 2.24) is 0 Å². The van der Waals surface area contributed by atoms with Crippen LogP contribution in [0, 0.1) is 82.9 Å². The molecule has 414 valence electrons. The van der Waals surface area contributed by atoms with Gasteiger partial charge in [-0.3, -0.25) is 43.2 Å². The molecule has 0 aliphatic heterocycles. The van der Waals surface area contributed by atoms with Gasteiger partial charge in [0.25, 0.3) is 0 Å². The summed E-state index contributed by atoms with van der Waals surface area (Å²) in [6, 6.07) is 0. The first-order chi connectivity index (χ1) is 32.6. The normalized spacial score (nSPS) is 9.89. The van der Waals surface area contributed by atoms with Gasteiger partial charge in [0.1, 0.15) is 11.6 Å². The Bertz CT molecular complexity index is 1760. The topological polar surface area (TPSA) is 154 Å². The molecule has 0 aromatic heterocycles. The summed E-state index contributed by atoms with van der Waals surface area (Å²) in [5.41, 5.74) is 1.38. The summed E-state index contributed by atoms with van der Waals surface area (Å²) in [4.78, 5) is 95.9. The van der Waals surface area contributed by atoms with Crippen LogP contribution in [0.3, 0.4) is 0 Å². The van der Waals surface area contributed by atoms with Crippen molar-refractivity contribution in [3.8, 4) is 24.2 Å². The Kier molecular flexibility index (Phi) is 65.6. The van der Waals surface area contributed by atoms with Gasteiger partial charge in [-0.25, -0.2) is 0 Å². The number of allylic oxidation sites excluding steroid dienone is 8. The van der Waals surface area contributed by atoms with Crippen molar-refractivity contribution in [1.29, 1.82) is 0 Å². The van der Waals surface area contributed by atoms with Crippen molar-refractivity contribution < 1.29 is 43.2 Å². The average molecular weight is 1050 g/mol. The third kappa shape index (κ3) is 67.5. The van der Waals surface area contributed by atoms with Crippen molar-refractivity contribution in [2.45, 2.75) is 180 Å². The molecule has 72 heavy (non-hydrogen) atoms. The van der Waals surface area contributed by atoms with E-state index >= 15 is 0 Å². The lowest BCUT2D eigenvalue weighted by molar-refractivity contribution is -0.129. The van der Waals surface area contributed by atoms with Crippen LogP contribution in [0.4, 0.5) is 0 Å². The van der Waals surface area contributed by atoms with E-state index in [1.54, 1.807) is 58.1 Å². The standard InChI is InChI=1S/C8H15ClO.C8H14O.3C7H12O.C7H10O.C6H10O.C6H8O.C5H9ClO/c1-6(2)7(10)8(3,4)5-9;1-6(2)5-8(9)7(3)4;1-5(2)7(8)6(3)4;3*1-4-5-7(8)6(2)3;2*1-4-6(7)5(2)3;1-4(2)5(7)3-6/h6H,5H2,1-4H3;5,7H,1-4H3;6H,1H2,2-4H3;2*4-6H,1-3H3;6H,1-3H3;4-5H,1H2,2-3H3;1,5H,2-3H3;4H,3H2,1-2H3/b;;;2*5-4+;;;;. The molecule has 0 saturated carbocycles. The van der Waals surface area contributed by atoms with Crippen LogP contribution in [0.15, 0.2) is 60.8 Å². The fraction of sp³-hybridized carbons (Fsp3) is 0.623. The molecule has 0 aromatic carbocycles. The zero-order valence-electron chi connectivity index (χ0n) is 50.0. The summed E-state index contributed by atoms with van der Waals surface area (Å²) < 4.78 is 0. The van der Waals surface area contributed by atoms with E-state index in [2.05, 4.69) is 25.0 Å². The third-order valence-electron chi connectivity index (χ3n) is 8.26. The molecule has 0 radical (unpaired) electrons. The molecule has 11 heteroatoms. The molecule has 0 unspecified atom stereocenters. The summed E-state index contributed by atoms with van der Waals surface area (Å²) in [7, 11) is 0. The number of hydrogen-bond donors (Lipinski definition) is 0. The highest BCUT2D eigenvalue weighted by Gasteiger charge is 2.28. The Balaban J connectivity index is -0.0000000888. The number of rotatable bonds is 17. The SMILES string of the molecule is C#CC(=O)C(C)C.C/C=C/C(=O)C(C)C.C/C=C/C(=O)C(C)C.C=C(C)C(=O)C(C)C.C=CC(=O)C(C)C.CC#CC(=O)C(C)C.CC(C)=CC(=O)C(C)C.CC(C)C(=O)C(C)(C)CCl.CC(C)C(=O)CCl. The zero-order valence-corrected chi connectivity index (χ0v) is 51.5. The van der Waals surface area contributed by atoms with Gasteiger partial charge in [-0.05, 0) is 83.3 Å². The molecule has 0 aliphatic rings. The highest BCUT2D eigenvalue weighted by atomic mass is 35.5. The third-order valence-corrected chi connectivity index (χ3v) is 9.19. The minimum atomic E-state index is -0.351. The average Bonchev–Trinajstić information content (AvgIpc) is 3.28. The van der Waals surface area contributed by atoms with Crippen molar-refractivity contribution in [3.63, 3.8) is 0 Å². The second-order valence-corrected chi connectivity index (χ2v) is 20.3. The minimum Gasteiger partial charge on any atom is -0.299 e. The number of carbonyl (C=O) groups excluding carboxylic acids is 9. The van der Waals surface area contributed by atoms with E-state index in [0.29, 0.717) is 11.5 Å². The van der Waals surface area contributed by atoms with Crippen LogP contribution in [-0.4, -0.2) is 63.8 Å². The van der Waals surface area contributed by atoms with E-state index < -0.39 is 0 Å². The van der Waals surface area contributed by atoms with E-state index in [1.807, 2.05) is 158 Å². The van der Waals surface area contributed by atoms with Crippen LogP contribution in [0.5, 0.6) is 0 Å². The number of Topliss-reactive ketones (excluding diaryl/α,β-unsaturated/α-hetero) is 5. The van der Waals surface area contributed by atoms with Crippen molar-refractivity contribution >= 4 is 75.3 Å². The number of terminal acetylenes is 1. The predicted molar refractivity (Wildman–Crippen MR) is 310 cm³/mol. The van der Waals surface area contributed by atoms with Gasteiger partial charge in [-0.2, -0.15) is 0 Å². The number of carbonyl (C=O) groups is 9.